The Labute approximate surface area is 520 Å². The molecule has 2 atom stereocenters. The predicted octanol–water partition coefficient (Wildman–Crippen LogP) is 10.2. The highest BCUT2D eigenvalue weighted by Gasteiger charge is 2.98. The Morgan fingerprint density at radius 2 is 0.562 bits per heavy atom. The number of carbonyl (C=O) groups excluding carboxylic acids is 4. The molecule has 0 bridgehead atoms. The van der Waals surface area contributed by atoms with Crippen LogP contribution in [0.15, 0.2) is 12.1 Å². The van der Waals surface area contributed by atoms with Crippen LogP contribution in [0.4, 0.5) is 149 Å². The van der Waals surface area contributed by atoms with Crippen molar-refractivity contribution in [3.63, 3.8) is 0 Å². The second-order valence-corrected chi connectivity index (χ2v) is 23.7. The van der Waals surface area contributed by atoms with Crippen LogP contribution in [0.25, 0.3) is 0 Å². The lowest BCUT2D eigenvalue weighted by molar-refractivity contribution is -0.458. The highest BCUT2D eigenvalue weighted by Crippen LogP contribution is 2.66. The minimum Gasteiger partial charge on any atom is -0.461 e. The maximum Gasteiger partial charge on any atom is 0.460 e. The first-order chi connectivity index (χ1) is 42.5. The van der Waals surface area contributed by atoms with Crippen molar-refractivity contribution >= 4 is 66.8 Å². The van der Waals surface area contributed by atoms with Crippen molar-refractivity contribution < 1.29 is 214 Å². The Kier molecular flexibility index (Phi) is 27.5. The lowest BCUT2D eigenvalue weighted by Crippen LogP contribution is -2.75. The van der Waals surface area contributed by atoms with E-state index < -0.39 is 261 Å². The van der Waals surface area contributed by atoms with Gasteiger partial charge in [0.2, 0.25) is 19.7 Å². The number of hydrogen-bond acceptors (Lipinski definition) is 16. The van der Waals surface area contributed by atoms with Gasteiger partial charge in [0.25, 0.3) is 0 Å². The van der Waals surface area contributed by atoms with E-state index >= 15 is 0 Å². The normalized spacial score (nSPS) is 15.5. The van der Waals surface area contributed by atoms with Gasteiger partial charge < -0.3 is 39.8 Å². The third-order valence-corrected chi connectivity index (χ3v) is 16.4. The Bertz CT molecular complexity index is 2930. The molecule has 0 saturated heterocycles. The van der Waals surface area contributed by atoms with Crippen LogP contribution in [0.3, 0.4) is 0 Å². The summed E-state index contributed by atoms with van der Waals surface area (Å²) in [5.41, 5.74) is -5.06. The highest BCUT2D eigenvalue weighted by atomic mass is 35.5. The molecule has 0 aromatic heterocycles. The quantitative estimate of drug-likeness (QED) is 0.0158. The smallest absolute Gasteiger partial charge is 0.460 e. The third-order valence-electron chi connectivity index (χ3n) is 11.9. The predicted molar refractivity (Wildman–Crippen MR) is 245 cm³/mol. The molecule has 0 aliphatic heterocycles. The molecule has 54 heteroatoms. The zero-order valence-electron chi connectivity index (χ0n) is 45.4. The van der Waals surface area contributed by atoms with Crippen molar-refractivity contribution in [2.24, 2.45) is 0 Å². The molecule has 0 fully saturated rings. The molecule has 0 saturated carbocycles. The summed E-state index contributed by atoms with van der Waals surface area (Å²) >= 11 is 10.8. The zero-order valence-corrected chi connectivity index (χ0v) is 48.6. The first kappa shape index (κ1) is 89.1. The summed E-state index contributed by atoms with van der Waals surface area (Å²) in [6, 6.07) is 0.368. The summed E-state index contributed by atoms with van der Waals surface area (Å²) in [6.45, 7) is -9.17. The van der Waals surface area contributed by atoms with Gasteiger partial charge in [-0.05, 0) is 38.1 Å². The number of alkyl halides is 36. The molecular weight excluding hydrogens is 1540 g/mol. The SMILES string of the molecule is O=C(OCCNCCCS(=O)(=O)C(F)(F)C(F)(F)C(F)(F)C(F)(F)C(F)(F)C(F)(F)C(F)(F)C(F)(F)F)c1cc(C(=O)OCC(O)CCl)c(C(=O)OCCNCCCS(=O)(=O)C(F)(F)C(F)(F)C(F)(F)C(F)(F)C(F)(F)C(F)(F)C(F)(F)C(F)(F)F)cc1C(=O)OCC(O)CCl. The van der Waals surface area contributed by atoms with E-state index in [1.165, 1.54) is 0 Å². The van der Waals surface area contributed by atoms with E-state index in [0.717, 1.165) is 0 Å². The van der Waals surface area contributed by atoms with Gasteiger partial charge in [0.05, 0.1) is 45.5 Å². The molecule has 0 spiro atoms. The lowest BCUT2D eigenvalue weighted by atomic mass is 9.91. The van der Waals surface area contributed by atoms with Gasteiger partial charge in [-0.2, -0.15) is 149 Å². The number of aliphatic hydroxyl groups excluding tert-OH is 2. The second-order valence-electron chi connectivity index (χ2n) is 18.8. The van der Waals surface area contributed by atoms with Gasteiger partial charge in [0.1, 0.15) is 38.6 Å². The van der Waals surface area contributed by atoms with Crippen LogP contribution in [0, 0.1) is 0 Å². The van der Waals surface area contributed by atoms with Gasteiger partial charge in [0.15, 0.2) is 0 Å². The van der Waals surface area contributed by atoms with Gasteiger partial charge in [-0.15, -0.1) is 23.2 Å². The molecule has 1 rings (SSSR count). The average molecular weight is 1570 g/mol. The number of ether oxygens (including phenoxy) is 4. The van der Waals surface area contributed by atoms with Crippen molar-refractivity contribution in [2.45, 2.75) is 119 Å². The zero-order chi connectivity index (χ0) is 76.3. The number of esters is 4. The maximum absolute atomic E-state index is 14.5. The van der Waals surface area contributed by atoms with Gasteiger partial charge in [0, 0.05) is 13.1 Å². The Morgan fingerprint density at radius 1 is 0.354 bits per heavy atom. The van der Waals surface area contributed by atoms with E-state index in [9.17, 15) is 196 Å². The molecule has 2 unspecified atom stereocenters. The summed E-state index contributed by atoms with van der Waals surface area (Å²) in [4.78, 5) is 53.0. The largest absolute Gasteiger partial charge is 0.461 e. The van der Waals surface area contributed by atoms with Crippen LogP contribution in [-0.2, 0) is 38.6 Å². The molecule has 562 valence electrons. The molecule has 0 amide bonds. The Hall–Kier alpha value is -4.96. The second kappa shape index (κ2) is 29.7. The molecule has 0 radical (unpaired) electrons. The van der Waals surface area contributed by atoms with Crippen LogP contribution in [0.1, 0.15) is 54.3 Å². The highest BCUT2D eigenvalue weighted by molar-refractivity contribution is 7.92. The van der Waals surface area contributed by atoms with E-state index in [-0.39, 0.29) is 12.1 Å². The van der Waals surface area contributed by atoms with E-state index in [4.69, 9.17) is 42.1 Å². The molecule has 4 N–H and O–H groups in total. The maximum atomic E-state index is 14.5. The average Bonchev–Trinajstić information content (AvgIpc) is 0.698. The number of benzene rings is 1. The van der Waals surface area contributed by atoms with Crippen molar-refractivity contribution in [1.29, 1.82) is 0 Å². The number of hydrogen-bond donors (Lipinski definition) is 4. The fraction of sp³-hybridized carbons (Fsp3) is 0.762. The van der Waals surface area contributed by atoms with E-state index in [2.05, 4.69) is 0 Å². The van der Waals surface area contributed by atoms with Crippen LogP contribution in [0.5, 0.6) is 0 Å². The topological polar surface area (TPSA) is 238 Å². The van der Waals surface area contributed by atoms with E-state index in [0.29, 0.717) is 0 Å². The fourth-order valence-corrected chi connectivity index (χ4v) is 9.20. The summed E-state index contributed by atoms with van der Waals surface area (Å²) in [5, 5.41) is 7.61. The van der Waals surface area contributed by atoms with Crippen LogP contribution in [-0.4, -0.2) is 233 Å². The first-order valence-electron chi connectivity index (χ1n) is 24.1. The number of rotatable bonds is 38. The lowest BCUT2D eigenvalue weighted by Gasteiger charge is -2.42. The Morgan fingerprint density at radius 3 is 0.781 bits per heavy atom. The summed E-state index contributed by atoms with van der Waals surface area (Å²) in [6.07, 6.45) is -23.0. The number of halogens is 36. The molecule has 0 heterocycles. The van der Waals surface area contributed by atoms with Crippen LogP contribution >= 0.6 is 23.2 Å². The first-order valence-corrected chi connectivity index (χ1v) is 28.5. The summed E-state index contributed by atoms with van der Waals surface area (Å²) in [5.74, 6) is -121. The standard InChI is InChI=1S/C42H36Cl2F34N2O14S2/c43-13-17(81)15-93-25(85)21-12-20(24(84)92-8-6-80-4-2-10-96(89,90)42(77,78)38(67,68)34(59,60)30(51,52)28(47,48)32(55,56)36(63,64)40(72,73)74)22(26(86)94-16-18(82)14-44)11-19(21)23(83)91-7-5-79-3-1-9-95(87,88)41(75,76)37(65,66)33(57,58)29(49,50)27(45,46)31(53,54)35(61,62)39(69,70)71/h11-12,17-18,79-82H,1-10,13-16H2. The summed E-state index contributed by atoms with van der Waals surface area (Å²) < 4.78 is 531. The van der Waals surface area contributed by atoms with E-state index in [1.807, 2.05) is 10.6 Å². The fourth-order valence-electron chi connectivity index (χ4n) is 6.42. The van der Waals surface area contributed by atoms with Crippen molar-refractivity contribution in [1.82, 2.24) is 10.6 Å². The van der Waals surface area contributed by atoms with Crippen molar-refractivity contribution in [3.8, 4) is 0 Å². The molecule has 0 aliphatic rings. The Balaban J connectivity index is 3.45. The molecule has 1 aromatic carbocycles. The van der Waals surface area contributed by atoms with Crippen LogP contribution in [0.2, 0.25) is 0 Å². The van der Waals surface area contributed by atoms with Gasteiger partial charge in [-0.3, -0.25) is 0 Å². The van der Waals surface area contributed by atoms with Crippen molar-refractivity contribution in [2.75, 3.05) is 75.9 Å². The van der Waals surface area contributed by atoms with Gasteiger partial charge in [-0.1, -0.05) is 0 Å². The molecule has 16 nitrogen and oxygen atoms in total. The number of carbonyl (C=O) groups is 4. The van der Waals surface area contributed by atoms with E-state index in [1.54, 1.807) is 0 Å². The molecule has 0 aliphatic carbocycles. The number of sulfone groups is 2. The third kappa shape index (κ3) is 16.1. The monoisotopic (exact) mass is 1570 g/mol. The summed E-state index contributed by atoms with van der Waals surface area (Å²) in [7, 11) is -15.1. The molecule has 1 aromatic rings. The van der Waals surface area contributed by atoms with Crippen LogP contribution < -0.4 is 10.6 Å². The molecule has 96 heavy (non-hydrogen) atoms. The molecular formula is C42H36Cl2F34N2O14S2. The minimum atomic E-state index is -9.11. The number of nitrogens with one attached hydrogen (secondary N) is 2. The number of aliphatic hydroxyl groups is 2. The van der Waals surface area contributed by atoms with Crippen molar-refractivity contribution in [3.05, 3.63) is 34.4 Å². The van der Waals surface area contributed by atoms with Gasteiger partial charge in [-0.25, -0.2) is 36.0 Å². The minimum absolute atomic E-state index is 0.184. The van der Waals surface area contributed by atoms with Gasteiger partial charge >= 0.3 is 118 Å².